The summed E-state index contributed by atoms with van der Waals surface area (Å²) >= 11 is 2.43. The SMILES string of the molecule is Cc1csc(Sc2ccc(C(=O)OC(C)C(=O)c3ccc(F)c(F)c3)cc2[N+](=O)[O-])n1. The molecule has 0 saturated carbocycles. The Balaban J connectivity index is 1.77. The Morgan fingerprint density at radius 2 is 1.87 bits per heavy atom. The van der Waals surface area contributed by atoms with E-state index in [9.17, 15) is 28.5 Å². The lowest BCUT2D eigenvalue weighted by Crippen LogP contribution is -2.24. The van der Waals surface area contributed by atoms with Crippen LogP contribution in [-0.2, 0) is 4.74 Å². The zero-order chi connectivity index (χ0) is 22.7. The first-order valence-electron chi connectivity index (χ1n) is 8.74. The number of halogens is 2. The Morgan fingerprint density at radius 3 is 2.48 bits per heavy atom. The molecular formula is C20H14F2N2O5S2. The van der Waals surface area contributed by atoms with Gasteiger partial charge in [-0.3, -0.25) is 14.9 Å². The summed E-state index contributed by atoms with van der Waals surface area (Å²) in [7, 11) is 0. The number of aromatic nitrogens is 1. The molecule has 7 nitrogen and oxygen atoms in total. The van der Waals surface area contributed by atoms with E-state index >= 15 is 0 Å². The van der Waals surface area contributed by atoms with Crippen molar-refractivity contribution in [2.45, 2.75) is 29.2 Å². The highest BCUT2D eigenvalue weighted by Gasteiger charge is 2.24. The van der Waals surface area contributed by atoms with Crippen LogP contribution in [-0.4, -0.2) is 27.8 Å². The molecule has 160 valence electrons. The first-order chi connectivity index (χ1) is 14.7. The summed E-state index contributed by atoms with van der Waals surface area (Å²) in [4.78, 5) is 40.1. The van der Waals surface area contributed by atoms with Crippen molar-refractivity contribution in [3.05, 3.63) is 80.3 Å². The van der Waals surface area contributed by atoms with Crippen molar-refractivity contribution in [3.8, 4) is 0 Å². The molecule has 11 heteroatoms. The van der Waals surface area contributed by atoms with E-state index in [4.69, 9.17) is 4.74 Å². The number of benzene rings is 2. The number of rotatable bonds is 7. The smallest absolute Gasteiger partial charge is 0.339 e. The van der Waals surface area contributed by atoms with Crippen LogP contribution in [0.1, 0.15) is 33.3 Å². The molecule has 3 aromatic rings. The summed E-state index contributed by atoms with van der Waals surface area (Å²) in [6.07, 6.45) is -1.32. The lowest BCUT2D eigenvalue weighted by molar-refractivity contribution is -0.387. The van der Waals surface area contributed by atoms with E-state index in [2.05, 4.69) is 4.98 Å². The van der Waals surface area contributed by atoms with E-state index in [0.29, 0.717) is 15.3 Å². The summed E-state index contributed by atoms with van der Waals surface area (Å²) in [5.41, 5.74) is 0.175. The van der Waals surface area contributed by atoms with Crippen LogP contribution in [0, 0.1) is 28.7 Å². The largest absolute Gasteiger partial charge is 0.451 e. The Morgan fingerprint density at radius 1 is 1.16 bits per heavy atom. The van der Waals surface area contributed by atoms with Gasteiger partial charge in [0.25, 0.3) is 5.69 Å². The third-order valence-corrected chi connectivity index (χ3v) is 6.17. The highest BCUT2D eigenvalue weighted by molar-refractivity contribution is 8.01. The summed E-state index contributed by atoms with van der Waals surface area (Å²) in [6, 6.07) is 6.37. The minimum absolute atomic E-state index is 0.128. The number of nitro benzene ring substituents is 1. The molecule has 0 saturated heterocycles. The van der Waals surface area contributed by atoms with Crippen LogP contribution in [0.25, 0.3) is 0 Å². The molecule has 1 unspecified atom stereocenters. The molecule has 1 heterocycles. The predicted molar refractivity (Wildman–Crippen MR) is 110 cm³/mol. The van der Waals surface area contributed by atoms with Crippen LogP contribution in [0.2, 0.25) is 0 Å². The van der Waals surface area contributed by atoms with Crippen LogP contribution >= 0.6 is 23.1 Å². The van der Waals surface area contributed by atoms with E-state index in [1.807, 2.05) is 5.38 Å². The Kier molecular flexibility index (Phi) is 6.76. The molecule has 0 N–H and O–H groups in total. The number of nitro groups is 1. The molecule has 1 aromatic heterocycles. The number of ether oxygens (including phenoxy) is 1. The van der Waals surface area contributed by atoms with E-state index in [0.717, 1.165) is 35.7 Å². The second kappa shape index (κ2) is 9.31. The molecule has 0 amide bonds. The minimum Gasteiger partial charge on any atom is -0.451 e. The molecule has 2 aromatic carbocycles. The maximum atomic E-state index is 13.3. The number of thiazole rings is 1. The van der Waals surface area contributed by atoms with Crippen LogP contribution < -0.4 is 0 Å². The maximum Gasteiger partial charge on any atom is 0.339 e. The average molecular weight is 464 g/mol. The summed E-state index contributed by atoms with van der Waals surface area (Å²) in [5, 5.41) is 13.3. The molecule has 0 spiro atoms. The molecule has 0 aliphatic rings. The number of esters is 1. The van der Waals surface area contributed by atoms with Crippen LogP contribution in [0.5, 0.6) is 0 Å². The van der Waals surface area contributed by atoms with Crippen molar-refractivity contribution >= 4 is 40.5 Å². The van der Waals surface area contributed by atoms with Gasteiger partial charge in [0, 0.05) is 22.7 Å². The van der Waals surface area contributed by atoms with Crippen molar-refractivity contribution in [1.82, 2.24) is 4.98 Å². The maximum absolute atomic E-state index is 13.3. The van der Waals surface area contributed by atoms with Crippen LogP contribution in [0.15, 0.2) is 51.0 Å². The first-order valence-corrected chi connectivity index (χ1v) is 10.4. The van der Waals surface area contributed by atoms with Gasteiger partial charge in [-0.15, -0.1) is 11.3 Å². The molecule has 1 atom stereocenters. The zero-order valence-corrected chi connectivity index (χ0v) is 17.8. The monoisotopic (exact) mass is 464 g/mol. The zero-order valence-electron chi connectivity index (χ0n) is 16.1. The van der Waals surface area contributed by atoms with E-state index in [-0.39, 0.29) is 16.8 Å². The number of hydrogen-bond acceptors (Lipinski definition) is 8. The number of carbonyl (C=O) groups is 2. The van der Waals surface area contributed by atoms with Crippen molar-refractivity contribution in [2.24, 2.45) is 0 Å². The van der Waals surface area contributed by atoms with Gasteiger partial charge in [0.1, 0.15) is 0 Å². The van der Waals surface area contributed by atoms with Gasteiger partial charge < -0.3 is 4.74 Å². The lowest BCUT2D eigenvalue weighted by Gasteiger charge is -2.13. The summed E-state index contributed by atoms with van der Waals surface area (Å²) < 4.78 is 32.1. The number of nitrogens with zero attached hydrogens (tertiary/aromatic N) is 2. The fourth-order valence-corrected chi connectivity index (χ4v) is 4.39. The molecule has 3 rings (SSSR count). The van der Waals surface area contributed by atoms with Crippen molar-refractivity contribution in [1.29, 1.82) is 0 Å². The number of aryl methyl sites for hydroxylation is 1. The van der Waals surface area contributed by atoms with E-state index in [1.165, 1.54) is 30.4 Å². The fraction of sp³-hybridized carbons (Fsp3) is 0.150. The first kappa shape index (κ1) is 22.5. The van der Waals surface area contributed by atoms with Crippen molar-refractivity contribution in [3.63, 3.8) is 0 Å². The third kappa shape index (κ3) is 5.30. The van der Waals surface area contributed by atoms with Gasteiger partial charge >= 0.3 is 5.97 Å². The molecule has 0 aliphatic heterocycles. The molecule has 0 aliphatic carbocycles. The van der Waals surface area contributed by atoms with E-state index < -0.39 is 34.4 Å². The molecule has 0 fully saturated rings. The van der Waals surface area contributed by atoms with Crippen LogP contribution in [0.3, 0.4) is 0 Å². The molecule has 0 bridgehead atoms. The number of hydrogen-bond donors (Lipinski definition) is 0. The highest BCUT2D eigenvalue weighted by Crippen LogP contribution is 2.37. The standard InChI is InChI=1S/C20H14F2N2O5S2/c1-10-9-30-20(23-10)31-17-6-4-13(8-16(17)24(27)28)19(26)29-11(2)18(25)12-3-5-14(21)15(22)7-12/h3-9,11H,1-2H3. The Labute approximate surface area is 183 Å². The van der Waals surface area contributed by atoms with Gasteiger partial charge in [-0.1, -0.05) is 11.8 Å². The van der Waals surface area contributed by atoms with E-state index in [1.54, 1.807) is 6.92 Å². The lowest BCUT2D eigenvalue weighted by atomic mass is 10.1. The topological polar surface area (TPSA) is 99.4 Å². The van der Waals surface area contributed by atoms with Gasteiger partial charge in [0.2, 0.25) is 5.78 Å². The highest BCUT2D eigenvalue weighted by atomic mass is 32.2. The minimum atomic E-state index is -1.32. The second-order valence-corrected chi connectivity index (χ2v) is 8.48. The quantitative estimate of drug-likeness (QED) is 0.205. The summed E-state index contributed by atoms with van der Waals surface area (Å²) in [5.74, 6) is -4.02. The number of carbonyl (C=O) groups excluding carboxylic acids is 2. The van der Waals surface area contributed by atoms with Crippen LogP contribution in [0.4, 0.5) is 14.5 Å². The molecule has 31 heavy (non-hydrogen) atoms. The molecule has 0 radical (unpaired) electrons. The Hall–Kier alpha value is -3.18. The van der Waals surface area contributed by atoms with Gasteiger partial charge in [-0.05, 0) is 44.2 Å². The van der Waals surface area contributed by atoms with Crippen molar-refractivity contribution in [2.75, 3.05) is 0 Å². The third-order valence-electron chi connectivity index (χ3n) is 4.04. The van der Waals surface area contributed by atoms with Crippen molar-refractivity contribution < 1.29 is 28.0 Å². The van der Waals surface area contributed by atoms with Gasteiger partial charge in [-0.25, -0.2) is 18.6 Å². The van der Waals surface area contributed by atoms with Gasteiger partial charge in [0.15, 0.2) is 22.1 Å². The molecular weight excluding hydrogens is 450 g/mol. The average Bonchev–Trinajstić information content (AvgIpc) is 3.14. The number of ketones is 1. The summed E-state index contributed by atoms with van der Waals surface area (Å²) in [6.45, 7) is 3.07. The number of Topliss-reactive ketones (excluding diaryl/α,β-unsaturated/α-hetero) is 1. The van der Waals surface area contributed by atoms with Gasteiger partial charge in [0.05, 0.1) is 15.4 Å². The fourth-order valence-electron chi connectivity index (χ4n) is 2.51. The normalized spacial score (nSPS) is 11.7. The second-order valence-electron chi connectivity index (χ2n) is 6.34. The predicted octanol–water partition coefficient (Wildman–Crippen LogP) is 5.22. The Bertz CT molecular complexity index is 1180. The van der Waals surface area contributed by atoms with Gasteiger partial charge in [-0.2, -0.15) is 0 Å².